The fraction of sp³-hybridized carbons (Fsp3) is 0.682. The summed E-state index contributed by atoms with van der Waals surface area (Å²) in [5.74, 6) is 0.686. The molecular formula is C22H38N4O3S. The Bertz CT molecular complexity index is 797. The van der Waals surface area contributed by atoms with Gasteiger partial charge >= 0.3 is 0 Å². The van der Waals surface area contributed by atoms with Gasteiger partial charge in [-0.05, 0) is 62.6 Å². The van der Waals surface area contributed by atoms with E-state index in [0.29, 0.717) is 23.9 Å². The van der Waals surface area contributed by atoms with Crippen molar-refractivity contribution in [2.45, 2.75) is 64.2 Å². The van der Waals surface area contributed by atoms with Gasteiger partial charge in [0.2, 0.25) is 10.0 Å². The number of aryl methyl sites for hydroxylation is 2. The van der Waals surface area contributed by atoms with Crippen molar-refractivity contribution in [3.8, 4) is 0 Å². The van der Waals surface area contributed by atoms with Gasteiger partial charge in [0.25, 0.3) is 0 Å². The molecule has 7 nitrogen and oxygen atoms in total. The lowest BCUT2D eigenvalue weighted by molar-refractivity contribution is 0.137. The second-order valence-electron chi connectivity index (χ2n) is 8.32. The highest BCUT2D eigenvalue weighted by atomic mass is 32.2. The zero-order valence-electron chi connectivity index (χ0n) is 18.6. The molecule has 0 bridgehead atoms. The number of hydrogen-bond donors (Lipinski definition) is 4. The van der Waals surface area contributed by atoms with E-state index in [-0.39, 0.29) is 18.6 Å². The summed E-state index contributed by atoms with van der Waals surface area (Å²) in [5.41, 5.74) is 1.73. The third-order valence-corrected chi connectivity index (χ3v) is 7.42. The Hall–Kier alpha value is -1.64. The molecule has 0 spiro atoms. The van der Waals surface area contributed by atoms with Crippen molar-refractivity contribution in [2.75, 3.05) is 32.8 Å². The predicted octanol–water partition coefficient (Wildman–Crippen LogP) is 2.47. The first-order chi connectivity index (χ1) is 14.3. The molecule has 1 aromatic rings. The molecule has 170 valence electrons. The summed E-state index contributed by atoms with van der Waals surface area (Å²) in [7, 11) is -3.55. The number of aliphatic hydroxyl groups is 1. The van der Waals surface area contributed by atoms with Gasteiger partial charge in [-0.3, -0.25) is 4.99 Å². The summed E-state index contributed by atoms with van der Waals surface area (Å²) in [6.07, 6.45) is 6.64. The first kappa shape index (κ1) is 24.6. The first-order valence-electron chi connectivity index (χ1n) is 11.0. The van der Waals surface area contributed by atoms with Gasteiger partial charge in [0, 0.05) is 32.8 Å². The second kappa shape index (κ2) is 11.7. The monoisotopic (exact) mass is 438 g/mol. The lowest BCUT2D eigenvalue weighted by atomic mass is 9.72. The van der Waals surface area contributed by atoms with Crippen molar-refractivity contribution in [1.29, 1.82) is 0 Å². The standard InChI is InChI=1S/C22H38N4O3S/c1-4-23-21(25-17-22(12-15-27)10-6-5-7-11-22)24-13-14-26-30(28,29)20-16-18(2)8-9-19(20)3/h8-9,16,26-27H,4-7,10-15,17H2,1-3H3,(H2,23,24,25). The van der Waals surface area contributed by atoms with E-state index in [2.05, 4.69) is 15.4 Å². The van der Waals surface area contributed by atoms with Gasteiger partial charge in [-0.15, -0.1) is 0 Å². The highest BCUT2D eigenvalue weighted by molar-refractivity contribution is 7.89. The number of guanidine groups is 1. The zero-order valence-corrected chi connectivity index (χ0v) is 19.4. The second-order valence-corrected chi connectivity index (χ2v) is 10.1. The van der Waals surface area contributed by atoms with Gasteiger partial charge in [0.05, 0.1) is 4.90 Å². The molecule has 0 aromatic heterocycles. The lowest BCUT2D eigenvalue weighted by Crippen LogP contribution is -2.42. The minimum absolute atomic E-state index is 0.0830. The fourth-order valence-corrected chi connectivity index (χ4v) is 5.41. The first-order valence-corrected chi connectivity index (χ1v) is 12.5. The summed E-state index contributed by atoms with van der Waals surface area (Å²) in [4.78, 5) is 5.08. The molecule has 0 aliphatic heterocycles. The Morgan fingerprint density at radius 1 is 1.13 bits per heavy atom. The molecule has 0 saturated heterocycles. The van der Waals surface area contributed by atoms with Crippen LogP contribution >= 0.6 is 0 Å². The maximum atomic E-state index is 12.6. The molecule has 30 heavy (non-hydrogen) atoms. The highest BCUT2D eigenvalue weighted by Crippen LogP contribution is 2.39. The maximum Gasteiger partial charge on any atom is 0.240 e. The average Bonchev–Trinajstić information content (AvgIpc) is 2.72. The number of rotatable bonds is 10. The van der Waals surface area contributed by atoms with Gasteiger partial charge in [-0.25, -0.2) is 13.1 Å². The van der Waals surface area contributed by atoms with E-state index in [1.165, 1.54) is 19.3 Å². The molecule has 0 radical (unpaired) electrons. The van der Waals surface area contributed by atoms with Crippen LogP contribution in [0.15, 0.2) is 28.1 Å². The molecule has 0 amide bonds. The molecule has 1 fully saturated rings. The summed E-state index contributed by atoms with van der Waals surface area (Å²) < 4.78 is 27.9. The number of aliphatic hydroxyl groups excluding tert-OH is 1. The van der Waals surface area contributed by atoms with Gasteiger partial charge in [0.15, 0.2) is 5.96 Å². The number of benzene rings is 1. The Labute approximate surface area is 181 Å². The number of sulfonamides is 1. The smallest absolute Gasteiger partial charge is 0.240 e. The lowest BCUT2D eigenvalue weighted by Gasteiger charge is -2.35. The van der Waals surface area contributed by atoms with Crippen LogP contribution in [-0.2, 0) is 10.0 Å². The normalized spacial score (nSPS) is 17.0. The van der Waals surface area contributed by atoms with Crippen molar-refractivity contribution in [1.82, 2.24) is 15.4 Å². The van der Waals surface area contributed by atoms with Crippen LogP contribution in [0.2, 0.25) is 0 Å². The predicted molar refractivity (Wildman–Crippen MR) is 122 cm³/mol. The molecule has 8 heteroatoms. The van der Waals surface area contributed by atoms with E-state index in [0.717, 1.165) is 36.9 Å². The van der Waals surface area contributed by atoms with Crippen molar-refractivity contribution in [2.24, 2.45) is 10.4 Å². The van der Waals surface area contributed by atoms with E-state index in [9.17, 15) is 13.5 Å². The summed E-state index contributed by atoms with van der Waals surface area (Å²) >= 11 is 0. The highest BCUT2D eigenvalue weighted by Gasteiger charge is 2.31. The molecule has 1 aliphatic rings. The Morgan fingerprint density at radius 3 is 2.53 bits per heavy atom. The van der Waals surface area contributed by atoms with Crippen LogP contribution in [0.5, 0.6) is 0 Å². The number of aliphatic imine (C=N–C) groups is 1. The van der Waals surface area contributed by atoms with Gasteiger partial charge in [0.1, 0.15) is 0 Å². The van der Waals surface area contributed by atoms with Crippen LogP contribution in [-0.4, -0.2) is 52.3 Å². The maximum absolute atomic E-state index is 12.6. The molecule has 0 atom stereocenters. The van der Waals surface area contributed by atoms with Gasteiger partial charge in [-0.2, -0.15) is 0 Å². The third kappa shape index (κ3) is 7.25. The molecule has 0 unspecified atom stereocenters. The topological polar surface area (TPSA) is 103 Å². The summed E-state index contributed by atoms with van der Waals surface area (Å²) in [6.45, 7) is 7.99. The zero-order chi connectivity index (χ0) is 22.0. The van der Waals surface area contributed by atoms with Crippen LogP contribution in [0, 0.1) is 19.3 Å². The van der Waals surface area contributed by atoms with E-state index in [1.54, 1.807) is 13.0 Å². The summed E-state index contributed by atoms with van der Waals surface area (Å²) in [5, 5.41) is 15.9. The average molecular weight is 439 g/mol. The van der Waals surface area contributed by atoms with Crippen LogP contribution in [0.4, 0.5) is 0 Å². The number of nitrogens with one attached hydrogen (secondary N) is 3. The van der Waals surface area contributed by atoms with E-state index in [4.69, 9.17) is 4.99 Å². The molecule has 2 rings (SSSR count). The summed E-state index contributed by atoms with van der Waals surface area (Å²) in [6, 6.07) is 5.43. The van der Waals surface area contributed by atoms with E-state index < -0.39 is 10.0 Å². The Morgan fingerprint density at radius 2 is 1.87 bits per heavy atom. The van der Waals surface area contributed by atoms with Gasteiger partial charge < -0.3 is 15.7 Å². The quantitative estimate of drug-likeness (QED) is 0.255. The molecule has 4 N–H and O–H groups in total. The molecule has 1 aliphatic carbocycles. The van der Waals surface area contributed by atoms with Crippen LogP contribution in [0.3, 0.4) is 0 Å². The Balaban J connectivity index is 1.92. The molecule has 1 saturated carbocycles. The SMILES string of the molecule is CCNC(=NCC1(CCO)CCCCC1)NCCNS(=O)(=O)c1cc(C)ccc1C. The minimum atomic E-state index is -3.55. The van der Waals surface area contributed by atoms with E-state index >= 15 is 0 Å². The van der Waals surface area contributed by atoms with Crippen molar-refractivity contribution < 1.29 is 13.5 Å². The number of nitrogens with zero attached hydrogens (tertiary/aromatic N) is 1. The van der Waals surface area contributed by atoms with Crippen molar-refractivity contribution in [3.05, 3.63) is 29.3 Å². The van der Waals surface area contributed by atoms with Crippen LogP contribution in [0.25, 0.3) is 0 Å². The minimum Gasteiger partial charge on any atom is -0.396 e. The molecule has 1 aromatic carbocycles. The number of hydrogen-bond acceptors (Lipinski definition) is 4. The third-order valence-electron chi connectivity index (χ3n) is 5.82. The fourth-order valence-electron chi connectivity index (χ4n) is 4.06. The Kier molecular flexibility index (Phi) is 9.58. The molecule has 0 heterocycles. The van der Waals surface area contributed by atoms with Crippen molar-refractivity contribution >= 4 is 16.0 Å². The van der Waals surface area contributed by atoms with E-state index in [1.807, 2.05) is 26.0 Å². The van der Waals surface area contributed by atoms with Crippen LogP contribution in [0.1, 0.15) is 56.6 Å². The van der Waals surface area contributed by atoms with Crippen molar-refractivity contribution in [3.63, 3.8) is 0 Å². The largest absolute Gasteiger partial charge is 0.396 e. The molecular weight excluding hydrogens is 400 g/mol. The van der Waals surface area contributed by atoms with Crippen LogP contribution < -0.4 is 15.4 Å². The van der Waals surface area contributed by atoms with Gasteiger partial charge in [-0.1, -0.05) is 31.4 Å².